The summed E-state index contributed by atoms with van der Waals surface area (Å²) < 4.78 is 18.5. The summed E-state index contributed by atoms with van der Waals surface area (Å²) in [5.41, 5.74) is 5.96. The molecule has 0 aromatic heterocycles. The number of benzene rings is 1. The average Bonchev–Trinajstić information content (AvgIpc) is 2.37. The lowest BCUT2D eigenvalue weighted by Gasteiger charge is -2.14. The van der Waals surface area contributed by atoms with Crippen LogP contribution in [-0.2, 0) is 11.3 Å². The second kappa shape index (κ2) is 6.69. The fourth-order valence-electron chi connectivity index (χ4n) is 1.34. The number of nitrogens with one attached hydrogen (secondary N) is 2. The number of carbonyl (C=O) groups is 2. The van der Waals surface area contributed by atoms with E-state index in [1.807, 2.05) is 0 Å². The van der Waals surface area contributed by atoms with Crippen molar-refractivity contribution in [2.24, 2.45) is 5.73 Å². The number of urea groups is 1. The molecule has 1 unspecified atom stereocenters. The zero-order chi connectivity index (χ0) is 14.4. The van der Waals surface area contributed by atoms with Crippen LogP contribution in [0.25, 0.3) is 0 Å². The van der Waals surface area contributed by atoms with E-state index in [9.17, 15) is 14.0 Å². The molecule has 0 heterocycles. The Hall–Kier alpha value is -2.15. The van der Waals surface area contributed by atoms with Crippen molar-refractivity contribution in [2.75, 3.05) is 7.05 Å². The van der Waals surface area contributed by atoms with Gasteiger partial charge in [0.1, 0.15) is 11.6 Å². The van der Waals surface area contributed by atoms with Crippen molar-refractivity contribution in [2.45, 2.75) is 19.6 Å². The van der Waals surface area contributed by atoms with Crippen molar-refractivity contribution in [3.8, 4) is 5.75 Å². The zero-order valence-corrected chi connectivity index (χ0v) is 10.7. The fraction of sp³-hybridized carbons (Fsp3) is 0.333. The molecule has 0 bridgehead atoms. The minimum atomic E-state index is -0.940. The van der Waals surface area contributed by atoms with Crippen molar-refractivity contribution < 1.29 is 18.7 Å². The smallest absolute Gasteiger partial charge is 0.321 e. The van der Waals surface area contributed by atoms with E-state index in [-0.39, 0.29) is 12.3 Å². The monoisotopic (exact) mass is 269 g/mol. The normalized spacial score (nSPS) is 11.6. The first kappa shape index (κ1) is 14.9. The highest BCUT2D eigenvalue weighted by molar-refractivity contribution is 5.96. The number of hydrogen-bond donors (Lipinski definition) is 3. The van der Waals surface area contributed by atoms with Crippen molar-refractivity contribution in [3.63, 3.8) is 0 Å². The van der Waals surface area contributed by atoms with Crippen LogP contribution in [0.4, 0.5) is 9.18 Å². The third-order valence-electron chi connectivity index (χ3n) is 2.31. The van der Waals surface area contributed by atoms with E-state index in [2.05, 4.69) is 10.6 Å². The molecule has 19 heavy (non-hydrogen) atoms. The Bertz CT molecular complexity index is 479. The predicted molar refractivity (Wildman–Crippen MR) is 67.0 cm³/mol. The van der Waals surface area contributed by atoms with E-state index in [1.165, 1.54) is 26.1 Å². The molecule has 1 aromatic rings. The summed E-state index contributed by atoms with van der Waals surface area (Å²) in [6, 6.07) is 3.32. The first-order valence-corrected chi connectivity index (χ1v) is 5.65. The van der Waals surface area contributed by atoms with Gasteiger partial charge in [0.25, 0.3) is 5.91 Å². The van der Waals surface area contributed by atoms with Gasteiger partial charge in [0.05, 0.1) is 0 Å². The number of nitrogens with two attached hydrogens (primary N) is 1. The number of imide groups is 1. The van der Waals surface area contributed by atoms with E-state index >= 15 is 0 Å². The number of ether oxygens (including phenoxy) is 1. The van der Waals surface area contributed by atoms with Crippen LogP contribution in [0.1, 0.15) is 12.5 Å². The first-order chi connectivity index (χ1) is 8.96. The molecule has 0 aliphatic rings. The van der Waals surface area contributed by atoms with Gasteiger partial charge in [-0.1, -0.05) is 0 Å². The summed E-state index contributed by atoms with van der Waals surface area (Å²) in [5, 5.41) is 4.30. The van der Waals surface area contributed by atoms with Gasteiger partial charge in [-0.05, 0) is 24.6 Å². The summed E-state index contributed by atoms with van der Waals surface area (Å²) in [6.07, 6.45) is -0.940. The highest BCUT2D eigenvalue weighted by Crippen LogP contribution is 2.17. The van der Waals surface area contributed by atoms with Crippen LogP contribution in [0.2, 0.25) is 0 Å². The molecule has 0 radical (unpaired) electrons. The minimum absolute atomic E-state index is 0.160. The Balaban J connectivity index is 2.70. The lowest BCUT2D eigenvalue weighted by molar-refractivity contribution is -0.126. The highest BCUT2D eigenvalue weighted by Gasteiger charge is 2.17. The van der Waals surface area contributed by atoms with Crippen LogP contribution in [0.3, 0.4) is 0 Å². The summed E-state index contributed by atoms with van der Waals surface area (Å²) in [5.74, 6) is -0.949. The number of carbonyl (C=O) groups excluding carboxylic acids is 2. The maximum absolute atomic E-state index is 13.2. The molecule has 104 valence electrons. The van der Waals surface area contributed by atoms with Gasteiger partial charge in [0.2, 0.25) is 0 Å². The molecule has 0 aliphatic carbocycles. The van der Waals surface area contributed by atoms with Gasteiger partial charge < -0.3 is 15.8 Å². The predicted octanol–water partition coefficient (Wildman–Crippen LogP) is 0.507. The topological polar surface area (TPSA) is 93.5 Å². The lowest BCUT2D eigenvalue weighted by atomic mass is 10.2. The summed E-state index contributed by atoms with van der Waals surface area (Å²) >= 11 is 0. The molecule has 3 amide bonds. The molecule has 0 fully saturated rings. The van der Waals surface area contributed by atoms with Gasteiger partial charge in [0.15, 0.2) is 6.10 Å². The molecule has 0 spiro atoms. The third-order valence-corrected chi connectivity index (χ3v) is 2.31. The highest BCUT2D eigenvalue weighted by atomic mass is 19.1. The summed E-state index contributed by atoms with van der Waals surface area (Å²) in [6.45, 7) is 1.61. The molecular weight excluding hydrogens is 253 g/mol. The Labute approximate surface area is 110 Å². The molecule has 4 N–H and O–H groups in total. The Kier molecular flexibility index (Phi) is 5.25. The summed E-state index contributed by atoms with van der Waals surface area (Å²) in [4.78, 5) is 22.5. The number of halogens is 1. The maximum atomic E-state index is 13.2. The van der Waals surface area contributed by atoms with Gasteiger partial charge in [-0.25, -0.2) is 9.18 Å². The summed E-state index contributed by atoms with van der Waals surface area (Å²) in [7, 11) is 1.38. The van der Waals surface area contributed by atoms with E-state index in [4.69, 9.17) is 10.5 Å². The third kappa shape index (κ3) is 4.55. The zero-order valence-electron chi connectivity index (χ0n) is 10.7. The van der Waals surface area contributed by atoms with E-state index in [0.717, 1.165) is 6.07 Å². The van der Waals surface area contributed by atoms with E-state index < -0.39 is 23.9 Å². The molecule has 6 nitrogen and oxygen atoms in total. The van der Waals surface area contributed by atoms with Crippen LogP contribution in [0.5, 0.6) is 5.75 Å². The second-order valence-corrected chi connectivity index (χ2v) is 3.83. The standard InChI is InChI=1S/C12H16FN3O3/c1-7(11(17)16-12(18)15-2)19-10-4-8(6-14)3-9(13)5-10/h3-5,7H,6,14H2,1-2H3,(H2,15,16,17,18). The minimum Gasteiger partial charge on any atom is -0.481 e. The molecular formula is C12H16FN3O3. The molecule has 1 rings (SSSR count). The number of amides is 3. The molecule has 0 saturated heterocycles. The molecule has 1 atom stereocenters. The SMILES string of the molecule is CNC(=O)NC(=O)C(C)Oc1cc(F)cc(CN)c1. The number of rotatable bonds is 4. The fourth-order valence-corrected chi connectivity index (χ4v) is 1.34. The van der Waals surface area contributed by atoms with Crippen LogP contribution in [0.15, 0.2) is 18.2 Å². The lowest BCUT2D eigenvalue weighted by Crippen LogP contribution is -2.43. The second-order valence-electron chi connectivity index (χ2n) is 3.83. The van der Waals surface area contributed by atoms with Crippen molar-refractivity contribution in [1.29, 1.82) is 0 Å². The maximum Gasteiger partial charge on any atom is 0.321 e. The largest absolute Gasteiger partial charge is 0.481 e. The van der Waals surface area contributed by atoms with Crippen molar-refractivity contribution in [1.82, 2.24) is 10.6 Å². The van der Waals surface area contributed by atoms with E-state index in [0.29, 0.717) is 5.56 Å². The Morgan fingerprint density at radius 1 is 1.42 bits per heavy atom. The van der Waals surface area contributed by atoms with Crippen LogP contribution in [0, 0.1) is 5.82 Å². The van der Waals surface area contributed by atoms with Gasteiger partial charge in [-0.3, -0.25) is 10.1 Å². The van der Waals surface area contributed by atoms with Gasteiger partial charge >= 0.3 is 6.03 Å². The van der Waals surface area contributed by atoms with Gasteiger partial charge in [-0.15, -0.1) is 0 Å². The molecule has 0 saturated carbocycles. The van der Waals surface area contributed by atoms with Crippen molar-refractivity contribution in [3.05, 3.63) is 29.6 Å². The Morgan fingerprint density at radius 2 is 2.11 bits per heavy atom. The van der Waals surface area contributed by atoms with Crippen LogP contribution < -0.4 is 21.1 Å². The van der Waals surface area contributed by atoms with E-state index in [1.54, 1.807) is 0 Å². The Morgan fingerprint density at radius 3 is 2.68 bits per heavy atom. The molecule has 0 aliphatic heterocycles. The number of hydrogen-bond acceptors (Lipinski definition) is 4. The molecule has 7 heteroatoms. The quantitative estimate of drug-likeness (QED) is 0.742. The van der Waals surface area contributed by atoms with Crippen molar-refractivity contribution >= 4 is 11.9 Å². The molecule has 1 aromatic carbocycles. The first-order valence-electron chi connectivity index (χ1n) is 5.65. The van der Waals surface area contributed by atoms with Gasteiger partial charge in [-0.2, -0.15) is 0 Å². The van der Waals surface area contributed by atoms with Crippen LogP contribution >= 0.6 is 0 Å². The van der Waals surface area contributed by atoms with Crippen LogP contribution in [-0.4, -0.2) is 25.1 Å². The average molecular weight is 269 g/mol. The van der Waals surface area contributed by atoms with Gasteiger partial charge in [0, 0.05) is 19.7 Å².